The molecular weight excluding hydrogens is 224 g/mol. The average Bonchev–Trinajstić information content (AvgIpc) is 2.31. The van der Waals surface area contributed by atoms with Crippen LogP contribution in [-0.2, 0) is 9.59 Å². The summed E-state index contributed by atoms with van der Waals surface area (Å²) >= 11 is 0. The highest BCUT2D eigenvalue weighted by Gasteiger charge is 2.24. The van der Waals surface area contributed by atoms with Gasteiger partial charge in [0, 0.05) is 12.8 Å². The van der Waals surface area contributed by atoms with Crippen molar-refractivity contribution < 1.29 is 9.59 Å². The Balaban J connectivity index is 2.33. The van der Waals surface area contributed by atoms with Gasteiger partial charge in [0.1, 0.15) is 0 Å². The molecule has 0 heterocycles. The molecule has 2 nitrogen and oxygen atoms in total. The van der Waals surface area contributed by atoms with E-state index in [9.17, 15) is 9.59 Å². The molecule has 0 atom stereocenters. The first kappa shape index (κ1) is 14.9. The third-order valence-electron chi connectivity index (χ3n) is 3.87. The lowest BCUT2D eigenvalue weighted by Gasteiger charge is -2.27. The van der Waals surface area contributed by atoms with Gasteiger partial charge in [-0.2, -0.15) is 0 Å². The normalized spacial score (nSPS) is 23.4. The Kier molecular flexibility index (Phi) is 5.52. The summed E-state index contributed by atoms with van der Waals surface area (Å²) in [7, 11) is 0. The Hall–Kier alpha value is -1.18. The summed E-state index contributed by atoms with van der Waals surface area (Å²) in [5.74, 6) is 1.36. The van der Waals surface area contributed by atoms with Gasteiger partial charge < -0.3 is 0 Å². The fourth-order valence-electron chi connectivity index (χ4n) is 2.51. The monoisotopic (exact) mass is 248 g/mol. The van der Waals surface area contributed by atoms with E-state index < -0.39 is 0 Å². The predicted molar refractivity (Wildman–Crippen MR) is 74.3 cm³/mol. The van der Waals surface area contributed by atoms with E-state index in [1.54, 1.807) is 13.8 Å². The topological polar surface area (TPSA) is 34.1 Å². The van der Waals surface area contributed by atoms with Gasteiger partial charge in [-0.3, -0.25) is 9.59 Å². The number of ketones is 2. The average molecular weight is 248 g/mol. The Morgan fingerprint density at radius 1 is 0.833 bits per heavy atom. The van der Waals surface area contributed by atoms with E-state index in [-0.39, 0.29) is 11.6 Å². The molecule has 1 rings (SSSR count). The van der Waals surface area contributed by atoms with E-state index in [0.29, 0.717) is 35.8 Å². The van der Waals surface area contributed by atoms with Crippen LogP contribution in [0.2, 0.25) is 0 Å². The SMILES string of the molecule is C=C(C)C(=O)CC1CCC(CC(=O)C(=C)C)CC1. The van der Waals surface area contributed by atoms with Crippen LogP contribution in [0.3, 0.4) is 0 Å². The van der Waals surface area contributed by atoms with Crippen LogP contribution >= 0.6 is 0 Å². The molecule has 2 heteroatoms. The molecule has 0 aromatic carbocycles. The standard InChI is InChI=1S/C16H24O2/c1-11(2)15(17)9-13-5-7-14(8-6-13)10-16(18)12(3)4/h13-14H,1,3,5-10H2,2,4H3. The largest absolute Gasteiger partial charge is 0.295 e. The second-order valence-electron chi connectivity index (χ2n) is 5.70. The highest BCUT2D eigenvalue weighted by Crippen LogP contribution is 2.33. The maximum Gasteiger partial charge on any atom is 0.158 e. The molecule has 0 bridgehead atoms. The Bertz CT molecular complexity index is 321. The summed E-state index contributed by atoms with van der Waals surface area (Å²) < 4.78 is 0. The summed E-state index contributed by atoms with van der Waals surface area (Å²) in [6, 6.07) is 0. The molecule has 1 aliphatic carbocycles. The molecule has 0 saturated heterocycles. The lowest BCUT2D eigenvalue weighted by atomic mass is 9.77. The van der Waals surface area contributed by atoms with Crippen LogP contribution in [0.25, 0.3) is 0 Å². The third kappa shape index (κ3) is 4.59. The number of hydrogen-bond acceptors (Lipinski definition) is 2. The zero-order valence-electron chi connectivity index (χ0n) is 11.6. The number of carbonyl (C=O) groups excluding carboxylic acids is 2. The van der Waals surface area contributed by atoms with Crippen molar-refractivity contribution in [3.8, 4) is 0 Å². The first-order chi connectivity index (χ1) is 8.40. The number of allylic oxidation sites excluding steroid dienone is 2. The van der Waals surface area contributed by atoms with Gasteiger partial charge in [0.15, 0.2) is 11.6 Å². The van der Waals surface area contributed by atoms with E-state index in [1.165, 1.54) is 0 Å². The second kappa shape index (κ2) is 6.67. The molecule has 0 radical (unpaired) electrons. The van der Waals surface area contributed by atoms with Gasteiger partial charge in [0.2, 0.25) is 0 Å². The van der Waals surface area contributed by atoms with Gasteiger partial charge in [-0.15, -0.1) is 0 Å². The first-order valence-corrected chi connectivity index (χ1v) is 6.77. The van der Waals surface area contributed by atoms with Crippen molar-refractivity contribution in [3.63, 3.8) is 0 Å². The fraction of sp³-hybridized carbons (Fsp3) is 0.625. The van der Waals surface area contributed by atoms with Crippen LogP contribution < -0.4 is 0 Å². The van der Waals surface area contributed by atoms with Crippen LogP contribution in [0, 0.1) is 11.8 Å². The second-order valence-corrected chi connectivity index (χ2v) is 5.70. The van der Waals surface area contributed by atoms with Gasteiger partial charge in [-0.25, -0.2) is 0 Å². The molecule has 0 spiro atoms. The Labute approximate surface area is 110 Å². The maximum absolute atomic E-state index is 11.6. The van der Waals surface area contributed by atoms with Gasteiger partial charge in [0.05, 0.1) is 0 Å². The highest BCUT2D eigenvalue weighted by molar-refractivity contribution is 5.94. The van der Waals surface area contributed by atoms with Crippen molar-refractivity contribution in [1.82, 2.24) is 0 Å². The molecular formula is C16H24O2. The van der Waals surface area contributed by atoms with Crippen LogP contribution in [0.5, 0.6) is 0 Å². The predicted octanol–water partition coefficient (Wildman–Crippen LogP) is 3.86. The van der Waals surface area contributed by atoms with E-state index in [1.807, 2.05) is 0 Å². The number of rotatable bonds is 6. The van der Waals surface area contributed by atoms with Crippen molar-refractivity contribution in [1.29, 1.82) is 0 Å². The summed E-state index contributed by atoms with van der Waals surface area (Å²) in [6.07, 6.45) is 5.52. The first-order valence-electron chi connectivity index (χ1n) is 6.77. The van der Waals surface area contributed by atoms with Crippen molar-refractivity contribution in [3.05, 3.63) is 24.3 Å². The lowest BCUT2D eigenvalue weighted by molar-refractivity contribution is -0.118. The molecule has 0 amide bonds. The molecule has 1 fully saturated rings. The molecule has 1 saturated carbocycles. The van der Waals surface area contributed by atoms with E-state index in [4.69, 9.17) is 0 Å². The zero-order valence-corrected chi connectivity index (χ0v) is 11.6. The Morgan fingerprint density at radius 3 is 1.33 bits per heavy atom. The van der Waals surface area contributed by atoms with Gasteiger partial charge >= 0.3 is 0 Å². The number of Topliss-reactive ketones (excluding diaryl/α,β-unsaturated/α-hetero) is 2. The van der Waals surface area contributed by atoms with Gasteiger partial charge in [-0.1, -0.05) is 13.2 Å². The lowest BCUT2D eigenvalue weighted by Crippen LogP contribution is -2.19. The van der Waals surface area contributed by atoms with E-state index in [2.05, 4.69) is 13.2 Å². The fourth-order valence-corrected chi connectivity index (χ4v) is 2.51. The maximum atomic E-state index is 11.6. The van der Waals surface area contributed by atoms with Crippen LogP contribution in [0.15, 0.2) is 24.3 Å². The molecule has 100 valence electrons. The molecule has 0 N–H and O–H groups in total. The van der Waals surface area contributed by atoms with E-state index >= 15 is 0 Å². The molecule has 0 aliphatic heterocycles. The van der Waals surface area contributed by atoms with Crippen molar-refractivity contribution in [2.24, 2.45) is 11.8 Å². The quantitative estimate of drug-likeness (QED) is 0.669. The van der Waals surface area contributed by atoms with Crippen LogP contribution in [-0.4, -0.2) is 11.6 Å². The summed E-state index contributed by atoms with van der Waals surface area (Å²) in [5.41, 5.74) is 1.32. The summed E-state index contributed by atoms with van der Waals surface area (Å²) in [6.45, 7) is 10.9. The summed E-state index contributed by atoms with van der Waals surface area (Å²) in [4.78, 5) is 23.2. The summed E-state index contributed by atoms with van der Waals surface area (Å²) in [5, 5.41) is 0. The molecule has 0 aromatic heterocycles. The minimum Gasteiger partial charge on any atom is -0.295 e. The molecule has 0 unspecified atom stereocenters. The smallest absolute Gasteiger partial charge is 0.158 e. The van der Waals surface area contributed by atoms with Crippen molar-refractivity contribution >= 4 is 11.6 Å². The van der Waals surface area contributed by atoms with E-state index in [0.717, 1.165) is 25.7 Å². The third-order valence-corrected chi connectivity index (χ3v) is 3.87. The van der Waals surface area contributed by atoms with Crippen molar-refractivity contribution in [2.45, 2.75) is 52.4 Å². The minimum absolute atomic E-state index is 0.191. The van der Waals surface area contributed by atoms with Crippen LogP contribution in [0.1, 0.15) is 52.4 Å². The molecule has 0 aromatic rings. The highest BCUT2D eigenvalue weighted by atomic mass is 16.1. The number of hydrogen-bond donors (Lipinski definition) is 0. The zero-order chi connectivity index (χ0) is 13.7. The number of carbonyl (C=O) groups is 2. The Morgan fingerprint density at radius 2 is 1.11 bits per heavy atom. The molecule has 18 heavy (non-hydrogen) atoms. The minimum atomic E-state index is 0.191. The van der Waals surface area contributed by atoms with Gasteiger partial charge in [-0.05, 0) is 62.5 Å². The molecule has 1 aliphatic rings. The van der Waals surface area contributed by atoms with Gasteiger partial charge in [0.25, 0.3) is 0 Å². The van der Waals surface area contributed by atoms with Crippen molar-refractivity contribution in [2.75, 3.05) is 0 Å². The van der Waals surface area contributed by atoms with Crippen LogP contribution in [0.4, 0.5) is 0 Å².